The number of hydrogen-bond acceptors (Lipinski definition) is 1. The summed E-state index contributed by atoms with van der Waals surface area (Å²) in [6.07, 6.45) is 0.319. The predicted molar refractivity (Wildman–Crippen MR) is 38.9 cm³/mol. The molecular formula is C7H18NO+. The van der Waals surface area contributed by atoms with Crippen molar-refractivity contribution < 1.29 is 9.48 Å². The van der Waals surface area contributed by atoms with Crippen LogP contribution in [-0.2, 0) is 4.84 Å². The Morgan fingerprint density at radius 2 is 1.78 bits per heavy atom. The molecule has 0 saturated carbocycles. The molecule has 0 heterocycles. The van der Waals surface area contributed by atoms with E-state index in [4.69, 9.17) is 4.84 Å². The number of rotatable bonds is 3. The van der Waals surface area contributed by atoms with Crippen LogP contribution in [0.15, 0.2) is 0 Å². The van der Waals surface area contributed by atoms with Gasteiger partial charge in [-0.25, -0.2) is 4.84 Å². The summed E-state index contributed by atoms with van der Waals surface area (Å²) in [4.78, 5) is 5.52. The molecular weight excluding hydrogens is 114 g/mol. The fourth-order valence-corrected chi connectivity index (χ4v) is 0.645. The average Bonchev–Trinajstić information content (AvgIpc) is 1.63. The first kappa shape index (κ1) is 8.92. The summed E-state index contributed by atoms with van der Waals surface area (Å²) >= 11 is 0. The Morgan fingerprint density at radius 3 is 1.89 bits per heavy atom. The summed E-state index contributed by atoms with van der Waals surface area (Å²) < 4.78 is 0.650. The number of quaternary nitrogens is 1. The van der Waals surface area contributed by atoms with E-state index in [0.717, 1.165) is 6.54 Å². The van der Waals surface area contributed by atoms with Crippen molar-refractivity contribution in [1.29, 1.82) is 0 Å². The number of nitrogens with zero attached hydrogens (tertiary/aromatic N) is 1. The van der Waals surface area contributed by atoms with Gasteiger partial charge in [0.1, 0.15) is 12.6 Å². The van der Waals surface area contributed by atoms with Crippen molar-refractivity contribution in [3.8, 4) is 0 Å². The average molecular weight is 132 g/mol. The molecule has 2 nitrogen and oxygen atoms in total. The van der Waals surface area contributed by atoms with Crippen molar-refractivity contribution in [3.05, 3.63) is 0 Å². The Bertz CT molecular complexity index is 79.0. The summed E-state index contributed by atoms with van der Waals surface area (Å²) in [6.45, 7) is 7.23. The van der Waals surface area contributed by atoms with Gasteiger partial charge in [-0.15, -0.1) is 0 Å². The van der Waals surface area contributed by atoms with Gasteiger partial charge in [0.15, 0.2) is 0 Å². The highest BCUT2D eigenvalue weighted by Gasteiger charge is 2.14. The summed E-state index contributed by atoms with van der Waals surface area (Å²) in [7, 11) is 4.11. The molecule has 0 spiro atoms. The van der Waals surface area contributed by atoms with Gasteiger partial charge in [-0.2, -0.15) is 4.65 Å². The molecule has 0 atom stereocenters. The zero-order valence-electron chi connectivity index (χ0n) is 7.14. The fraction of sp³-hybridized carbons (Fsp3) is 1.00. The second kappa shape index (κ2) is 3.18. The van der Waals surface area contributed by atoms with Crippen molar-refractivity contribution in [2.75, 3.05) is 20.6 Å². The van der Waals surface area contributed by atoms with Crippen LogP contribution in [0.5, 0.6) is 0 Å². The first-order chi connectivity index (χ1) is 3.98. The Hall–Kier alpha value is -0.0800. The molecule has 0 aliphatic rings. The van der Waals surface area contributed by atoms with Gasteiger partial charge in [-0.3, -0.25) is 0 Å². The standard InChI is InChI=1S/C7H18NO/c1-6-8(4,5)9-7(2)3/h7H,6H2,1-5H3/q+1. The molecule has 2 heteroatoms. The molecule has 0 rings (SSSR count). The second-order valence-electron chi connectivity index (χ2n) is 3.04. The lowest BCUT2D eigenvalue weighted by atomic mass is 10.5. The van der Waals surface area contributed by atoms with Crippen LogP contribution in [0.3, 0.4) is 0 Å². The molecule has 0 saturated heterocycles. The second-order valence-corrected chi connectivity index (χ2v) is 3.04. The van der Waals surface area contributed by atoms with Crippen LogP contribution in [0, 0.1) is 0 Å². The minimum atomic E-state index is 0.319. The highest BCUT2D eigenvalue weighted by molar-refractivity contribution is 4.26. The quantitative estimate of drug-likeness (QED) is 0.417. The SMILES string of the molecule is CC[N+](C)(C)OC(C)C. The molecule has 0 aliphatic heterocycles. The van der Waals surface area contributed by atoms with E-state index in [2.05, 4.69) is 34.9 Å². The topological polar surface area (TPSA) is 9.23 Å². The maximum atomic E-state index is 5.52. The zero-order chi connectivity index (χ0) is 7.49. The molecule has 0 unspecified atom stereocenters. The summed E-state index contributed by atoms with van der Waals surface area (Å²) in [5, 5.41) is 0. The van der Waals surface area contributed by atoms with Crippen molar-refractivity contribution in [2.45, 2.75) is 26.9 Å². The monoisotopic (exact) mass is 132 g/mol. The molecule has 56 valence electrons. The molecule has 0 aromatic carbocycles. The van der Waals surface area contributed by atoms with Crippen LogP contribution in [0.1, 0.15) is 20.8 Å². The third kappa shape index (κ3) is 4.43. The van der Waals surface area contributed by atoms with Gasteiger partial charge in [-0.05, 0) is 20.8 Å². The molecule has 0 N–H and O–H groups in total. The molecule has 0 bridgehead atoms. The Balaban J connectivity index is 3.58. The first-order valence-electron chi connectivity index (χ1n) is 3.49. The van der Waals surface area contributed by atoms with Crippen molar-refractivity contribution in [2.24, 2.45) is 0 Å². The third-order valence-electron chi connectivity index (χ3n) is 1.26. The van der Waals surface area contributed by atoms with E-state index in [9.17, 15) is 0 Å². The van der Waals surface area contributed by atoms with Crippen molar-refractivity contribution in [1.82, 2.24) is 0 Å². The summed E-state index contributed by atoms with van der Waals surface area (Å²) in [6, 6.07) is 0. The Kier molecular flexibility index (Phi) is 3.15. The lowest BCUT2D eigenvalue weighted by molar-refractivity contribution is -1.08. The lowest BCUT2D eigenvalue weighted by Crippen LogP contribution is -2.41. The fourth-order valence-electron chi connectivity index (χ4n) is 0.645. The number of hydrogen-bond donors (Lipinski definition) is 0. The highest BCUT2D eigenvalue weighted by atomic mass is 16.7. The van der Waals surface area contributed by atoms with Crippen LogP contribution in [0.2, 0.25) is 0 Å². The summed E-state index contributed by atoms with van der Waals surface area (Å²) in [5.41, 5.74) is 0. The normalized spacial score (nSPS) is 12.7. The van der Waals surface area contributed by atoms with Crippen LogP contribution in [0.25, 0.3) is 0 Å². The maximum Gasteiger partial charge on any atom is 0.111 e. The summed E-state index contributed by atoms with van der Waals surface area (Å²) in [5.74, 6) is 0. The van der Waals surface area contributed by atoms with E-state index < -0.39 is 0 Å². The smallest absolute Gasteiger partial charge is 0.111 e. The minimum absolute atomic E-state index is 0.319. The van der Waals surface area contributed by atoms with Gasteiger partial charge >= 0.3 is 0 Å². The molecule has 0 fully saturated rings. The third-order valence-corrected chi connectivity index (χ3v) is 1.26. The van der Waals surface area contributed by atoms with Gasteiger partial charge in [0, 0.05) is 0 Å². The van der Waals surface area contributed by atoms with Gasteiger partial charge in [0.2, 0.25) is 0 Å². The molecule has 0 aromatic heterocycles. The van der Waals surface area contributed by atoms with Crippen LogP contribution >= 0.6 is 0 Å². The van der Waals surface area contributed by atoms with Crippen molar-refractivity contribution >= 4 is 0 Å². The van der Waals surface area contributed by atoms with E-state index in [1.54, 1.807) is 0 Å². The van der Waals surface area contributed by atoms with Gasteiger partial charge in [-0.1, -0.05) is 0 Å². The molecule has 9 heavy (non-hydrogen) atoms. The van der Waals surface area contributed by atoms with Gasteiger partial charge in [0.25, 0.3) is 0 Å². The number of hydroxylamine groups is 3. The van der Waals surface area contributed by atoms with E-state index in [1.165, 1.54) is 0 Å². The Labute approximate surface area is 58.0 Å². The van der Waals surface area contributed by atoms with Gasteiger partial charge < -0.3 is 0 Å². The van der Waals surface area contributed by atoms with Crippen LogP contribution in [0.4, 0.5) is 0 Å². The largest absolute Gasteiger partial charge is 0.201 e. The Morgan fingerprint density at radius 1 is 1.33 bits per heavy atom. The molecule has 0 aromatic rings. The van der Waals surface area contributed by atoms with Crippen molar-refractivity contribution in [3.63, 3.8) is 0 Å². The first-order valence-corrected chi connectivity index (χ1v) is 3.49. The van der Waals surface area contributed by atoms with E-state index >= 15 is 0 Å². The minimum Gasteiger partial charge on any atom is -0.201 e. The molecule has 0 radical (unpaired) electrons. The van der Waals surface area contributed by atoms with Crippen LogP contribution in [-0.4, -0.2) is 31.4 Å². The van der Waals surface area contributed by atoms with Crippen LogP contribution < -0.4 is 0 Å². The lowest BCUT2D eigenvalue weighted by Gasteiger charge is -2.27. The maximum absolute atomic E-state index is 5.52. The zero-order valence-corrected chi connectivity index (χ0v) is 7.14. The highest BCUT2D eigenvalue weighted by Crippen LogP contribution is 2.01. The van der Waals surface area contributed by atoms with Gasteiger partial charge in [0.05, 0.1) is 14.1 Å². The predicted octanol–water partition coefficient (Wildman–Crippen LogP) is 1.42. The van der Waals surface area contributed by atoms with E-state index in [1.807, 2.05) is 0 Å². The molecule has 0 aliphatic carbocycles. The van der Waals surface area contributed by atoms with E-state index in [-0.39, 0.29) is 0 Å². The van der Waals surface area contributed by atoms with E-state index in [0.29, 0.717) is 10.8 Å². The molecule has 0 amide bonds.